The molecule has 126 valence electrons. The van der Waals surface area contributed by atoms with E-state index in [1.165, 1.54) is 11.3 Å². The number of benzene rings is 1. The fourth-order valence-electron chi connectivity index (χ4n) is 2.68. The maximum Gasteiger partial charge on any atom is 0.341 e. The predicted molar refractivity (Wildman–Crippen MR) is 95.3 cm³/mol. The van der Waals surface area contributed by atoms with Gasteiger partial charge in [-0.1, -0.05) is 30.3 Å². The first-order chi connectivity index (χ1) is 11.7. The Balaban J connectivity index is 1.88. The molecule has 0 radical (unpaired) electrons. The molecule has 1 aromatic heterocycles. The van der Waals surface area contributed by atoms with Crippen LogP contribution >= 0.6 is 11.3 Å². The number of thiophene rings is 1. The molecule has 0 spiro atoms. The van der Waals surface area contributed by atoms with Crippen LogP contribution in [0.1, 0.15) is 23.7 Å². The molecule has 0 bridgehead atoms. The predicted octanol–water partition coefficient (Wildman–Crippen LogP) is 3.14. The fraction of sp³-hybridized carbons (Fsp3) is 0.333. The van der Waals surface area contributed by atoms with Crippen LogP contribution in [0, 0.1) is 5.92 Å². The van der Waals surface area contributed by atoms with E-state index in [-0.39, 0.29) is 11.8 Å². The minimum absolute atomic E-state index is 0.0491. The number of esters is 1. The summed E-state index contributed by atoms with van der Waals surface area (Å²) < 4.78 is 5.13. The second-order valence-electron chi connectivity index (χ2n) is 5.62. The van der Waals surface area contributed by atoms with Crippen LogP contribution in [0.3, 0.4) is 0 Å². The largest absolute Gasteiger partial charge is 0.462 e. The number of hydrogen-bond donors (Lipinski definition) is 2. The van der Waals surface area contributed by atoms with Gasteiger partial charge in [-0.15, -0.1) is 11.3 Å². The van der Waals surface area contributed by atoms with Crippen LogP contribution in [-0.2, 0) is 9.53 Å². The van der Waals surface area contributed by atoms with Gasteiger partial charge in [-0.05, 0) is 31.5 Å². The number of ether oxygens (including phenoxy) is 1. The first-order valence-corrected chi connectivity index (χ1v) is 8.88. The Hall–Kier alpha value is -2.18. The molecule has 2 heterocycles. The van der Waals surface area contributed by atoms with Crippen LogP contribution in [0.5, 0.6) is 0 Å². The lowest BCUT2D eigenvalue weighted by Crippen LogP contribution is -2.25. The van der Waals surface area contributed by atoms with Crippen molar-refractivity contribution >= 4 is 28.2 Å². The molecule has 1 atom stereocenters. The summed E-state index contributed by atoms with van der Waals surface area (Å²) in [6.07, 6.45) is 0.817. The maximum atomic E-state index is 12.4. The highest BCUT2D eigenvalue weighted by Gasteiger charge is 2.25. The Bertz CT molecular complexity index is 721. The van der Waals surface area contributed by atoms with Crippen LogP contribution in [0.4, 0.5) is 5.00 Å². The lowest BCUT2D eigenvalue weighted by atomic mass is 10.1. The van der Waals surface area contributed by atoms with Crippen molar-refractivity contribution in [3.8, 4) is 10.4 Å². The van der Waals surface area contributed by atoms with Gasteiger partial charge in [0.05, 0.1) is 18.1 Å². The first kappa shape index (κ1) is 16.7. The monoisotopic (exact) mass is 344 g/mol. The van der Waals surface area contributed by atoms with E-state index in [4.69, 9.17) is 4.74 Å². The number of hydrogen-bond acceptors (Lipinski definition) is 5. The second-order valence-corrected chi connectivity index (χ2v) is 6.67. The van der Waals surface area contributed by atoms with E-state index in [1.807, 2.05) is 30.3 Å². The van der Waals surface area contributed by atoms with Crippen molar-refractivity contribution in [2.75, 3.05) is 25.0 Å². The summed E-state index contributed by atoms with van der Waals surface area (Å²) in [6, 6.07) is 11.6. The van der Waals surface area contributed by atoms with E-state index in [1.54, 1.807) is 13.0 Å². The van der Waals surface area contributed by atoms with Crippen molar-refractivity contribution < 1.29 is 14.3 Å². The zero-order valence-electron chi connectivity index (χ0n) is 13.5. The summed E-state index contributed by atoms with van der Waals surface area (Å²) in [7, 11) is 0. The van der Waals surface area contributed by atoms with E-state index in [9.17, 15) is 9.59 Å². The summed E-state index contributed by atoms with van der Waals surface area (Å²) in [5, 5.41) is 6.66. The summed E-state index contributed by atoms with van der Waals surface area (Å²) in [5.41, 5.74) is 1.43. The topological polar surface area (TPSA) is 67.4 Å². The number of amides is 1. The third-order valence-electron chi connectivity index (χ3n) is 3.95. The highest BCUT2D eigenvalue weighted by molar-refractivity contribution is 7.20. The normalized spacial score (nSPS) is 16.8. The highest BCUT2D eigenvalue weighted by atomic mass is 32.1. The SMILES string of the molecule is CCOC(=O)c1cc(-c2ccccc2)sc1NC(=O)C1CCNC1. The Morgan fingerprint density at radius 3 is 2.79 bits per heavy atom. The van der Waals surface area contributed by atoms with Gasteiger partial charge in [-0.2, -0.15) is 0 Å². The standard InChI is InChI=1S/C18H20N2O3S/c1-2-23-18(22)14-10-15(12-6-4-3-5-7-12)24-17(14)20-16(21)13-8-9-19-11-13/h3-7,10,13,19H,2,8-9,11H2,1H3,(H,20,21). The van der Waals surface area contributed by atoms with E-state index in [0.29, 0.717) is 23.7 Å². The summed E-state index contributed by atoms with van der Waals surface area (Å²) in [4.78, 5) is 25.6. The van der Waals surface area contributed by atoms with Gasteiger partial charge in [0.2, 0.25) is 5.91 Å². The van der Waals surface area contributed by atoms with Crippen molar-refractivity contribution in [1.82, 2.24) is 5.32 Å². The second kappa shape index (κ2) is 7.59. The molecular weight excluding hydrogens is 324 g/mol. The molecule has 1 saturated heterocycles. The molecule has 1 amide bonds. The van der Waals surface area contributed by atoms with Gasteiger partial charge in [-0.3, -0.25) is 4.79 Å². The molecule has 5 nitrogen and oxygen atoms in total. The Labute approximate surface area is 145 Å². The van der Waals surface area contributed by atoms with Crippen molar-refractivity contribution in [2.24, 2.45) is 5.92 Å². The zero-order chi connectivity index (χ0) is 16.9. The third kappa shape index (κ3) is 3.66. The number of anilines is 1. The number of nitrogens with one attached hydrogen (secondary N) is 2. The van der Waals surface area contributed by atoms with Gasteiger partial charge in [0, 0.05) is 11.4 Å². The molecule has 2 N–H and O–H groups in total. The Morgan fingerprint density at radius 1 is 1.33 bits per heavy atom. The smallest absolute Gasteiger partial charge is 0.341 e. The molecule has 24 heavy (non-hydrogen) atoms. The average molecular weight is 344 g/mol. The Morgan fingerprint density at radius 2 is 2.12 bits per heavy atom. The summed E-state index contributed by atoms with van der Waals surface area (Å²) in [6.45, 7) is 3.60. The van der Waals surface area contributed by atoms with Gasteiger partial charge < -0.3 is 15.4 Å². The van der Waals surface area contributed by atoms with E-state index >= 15 is 0 Å². The molecule has 1 unspecified atom stereocenters. The molecule has 0 aliphatic carbocycles. The molecular formula is C18H20N2O3S. The molecule has 0 saturated carbocycles. The molecule has 6 heteroatoms. The van der Waals surface area contributed by atoms with Crippen molar-refractivity contribution in [2.45, 2.75) is 13.3 Å². The highest BCUT2D eigenvalue weighted by Crippen LogP contribution is 2.36. The maximum absolute atomic E-state index is 12.4. The van der Waals surface area contributed by atoms with Crippen molar-refractivity contribution in [3.05, 3.63) is 42.0 Å². The van der Waals surface area contributed by atoms with Crippen LogP contribution < -0.4 is 10.6 Å². The van der Waals surface area contributed by atoms with Crippen LogP contribution in [0.25, 0.3) is 10.4 Å². The quantitative estimate of drug-likeness (QED) is 0.818. The minimum atomic E-state index is -0.407. The van der Waals surface area contributed by atoms with Crippen LogP contribution in [0.2, 0.25) is 0 Å². The van der Waals surface area contributed by atoms with E-state index in [0.717, 1.165) is 23.4 Å². The van der Waals surface area contributed by atoms with Gasteiger partial charge in [0.25, 0.3) is 0 Å². The number of rotatable bonds is 5. The van der Waals surface area contributed by atoms with Gasteiger partial charge in [-0.25, -0.2) is 4.79 Å². The third-order valence-corrected chi connectivity index (χ3v) is 5.05. The molecule has 1 aliphatic heterocycles. The minimum Gasteiger partial charge on any atom is -0.462 e. The fourth-order valence-corrected chi connectivity index (χ4v) is 3.74. The van der Waals surface area contributed by atoms with E-state index < -0.39 is 5.97 Å². The van der Waals surface area contributed by atoms with Gasteiger partial charge in [0.15, 0.2) is 0 Å². The first-order valence-electron chi connectivity index (χ1n) is 8.07. The summed E-state index contributed by atoms with van der Waals surface area (Å²) in [5.74, 6) is -0.509. The van der Waals surface area contributed by atoms with Gasteiger partial charge in [0.1, 0.15) is 5.00 Å². The lowest BCUT2D eigenvalue weighted by molar-refractivity contribution is -0.119. The Kier molecular flexibility index (Phi) is 5.27. The molecule has 1 aromatic carbocycles. The molecule has 1 aliphatic rings. The average Bonchev–Trinajstić information content (AvgIpc) is 3.26. The lowest BCUT2D eigenvalue weighted by Gasteiger charge is -2.09. The van der Waals surface area contributed by atoms with Crippen LogP contribution in [-0.4, -0.2) is 31.6 Å². The zero-order valence-corrected chi connectivity index (χ0v) is 14.3. The van der Waals surface area contributed by atoms with Crippen molar-refractivity contribution in [3.63, 3.8) is 0 Å². The number of carbonyl (C=O) groups excluding carboxylic acids is 2. The molecule has 2 aromatic rings. The van der Waals surface area contributed by atoms with Gasteiger partial charge >= 0.3 is 5.97 Å². The summed E-state index contributed by atoms with van der Waals surface area (Å²) >= 11 is 1.40. The molecule has 1 fully saturated rings. The van der Waals surface area contributed by atoms with E-state index in [2.05, 4.69) is 10.6 Å². The van der Waals surface area contributed by atoms with Crippen molar-refractivity contribution in [1.29, 1.82) is 0 Å². The van der Waals surface area contributed by atoms with Crippen LogP contribution in [0.15, 0.2) is 36.4 Å². The number of carbonyl (C=O) groups is 2. The molecule has 3 rings (SSSR count).